The average molecular weight is 377 g/mol. The fourth-order valence-corrected chi connectivity index (χ4v) is 2.39. The average Bonchev–Trinajstić information content (AvgIpc) is 2.64. The number of para-hydroxylation sites is 1. The summed E-state index contributed by atoms with van der Waals surface area (Å²) in [6, 6.07) is 12.8. The van der Waals surface area contributed by atoms with Crippen molar-refractivity contribution in [2.45, 2.75) is 19.6 Å². The van der Waals surface area contributed by atoms with Gasteiger partial charge in [0.05, 0.1) is 6.42 Å². The Labute approximate surface area is 156 Å². The van der Waals surface area contributed by atoms with Crippen molar-refractivity contribution in [3.63, 3.8) is 0 Å². The molecule has 0 aliphatic heterocycles. The van der Waals surface area contributed by atoms with E-state index in [2.05, 4.69) is 15.4 Å². The smallest absolute Gasteiger partial charge is 0.387 e. The van der Waals surface area contributed by atoms with E-state index in [4.69, 9.17) is 0 Å². The van der Waals surface area contributed by atoms with Crippen LogP contribution in [-0.2, 0) is 17.8 Å². The number of amides is 3. The van der Waals surface area contributed by atoms with Gasteiger partial charge in [-0.15, -0.1) is 0 Å². The second-order valence-corrected chi connectivity index (χ2v) is 5.82. The Morgan fingerprint density at radius 2 is 1.78 bits per heavy atom. The number of hydrogen-bond acceptors (Lipinski definition) is 3. The number of carbonyl (C=O) groups excluding carboxylic acids is 2. The number of ether oxygens (including phenoxy) is 1. The van der Waals surface area contributed by atoms with Gasteiger partial charge in [0, 0.05) is 26.3 Å². The molecular weight excluding hydrogens is 356 g/mol. The van der Waals surface area contributed by atoms with Gasteiger partial charge in [-0.05, 0) is 29.3 Å². The fraction of sp³-hybridized carbons (Fsp3) is 0.263. The van der Waals surface area contributed by atoms with Crippen LogP contribution in [0.3, 0.4) is 0 Å². The summed E-state index contributed by atoms with van der Waals surface area (Å²) >= 11 is 0. The van der Waals surface area contributed by atoms with Gasteiger partial charge in [-0.2, -0.15) is 8.78 Å². The molecule has 0 atom stereocenters. The summed E-state index contributed by atoms with van der Waals surface area (Å²) in [5.41, 5.74) is 2.01. The van der Waals surface area contributed by atoms with Gasteiger partial charge >= 0.3 is 12.6 Å². The van der Waals surface area contributed by atoms with Crippen LogP contribution >= 0.6 is 0 Å². The molecule has 2 rings (SSSR count). The Kier molecular flexibility index (Phi) is 7.10. The summed E-state index contributed by atoms with van der Waals surface area (Å²) in [4.78, 5) is 25.5. The molecule has 0 unspecified atom stereocenters. The molecule has 0 aromatic heterocycles. The highest BCUT2D eigenvalue weighted by Gasteiger charge is 2.13. The molecular formula is C19H21F2N3O3. The molecule has 2 N–H and O–H groups in total. The van der Waals surface area contributed by atoms with Crippen LogP contribution in [0, 0.1) is 0 Å². The number of halogens is 2. The van der Waals surface area contributed by atoms with Gasteiger partial charge in [-0.3, -0.25) is 4.79 Å². The standard InChI is InChI=1S/C19H21F2N3O3/c1-22-17(25)11-14-5-3-4-6-16(14)23-19(26)24(2)12-13-7-9-15(10-8-13)27-18(20)21/h3-10,18H,11-12H2,1-2H3,(H,22,25)(H,23,26). The molecule has 6 nitrogen and oxygen atoms in total. The lowest BCUT2D eigenvalue weighted by Crippen LogP contribution is -2.31. The number of hydrogen-bond donors (Lipinski definition) is 2. The molecule has 0 radical (unpaired) electrons. The monoisotopic (exact) mass is 377 g/mol. The van der Waals surface area contributed by atoms with Gasteiger partial charge < -0.3 is 20.3 Å². The minimum absolute atomic E-state index is 0.0592. The predicted octanol–water partition coefficient (Wildman–Crippen LogP) is 3.24. The first-order valence-corrected chi connectivity index (χ1v) is 8.23. The number of rotatable bonds is 7. The molecule has 0 fully saturated rings. The van der Waals surface area contributed by atoms with E-state index in [9.17, 15) is 18.4 Å². The third-order valence-electron chi connectivity index (χ3n) is 3.80. The molecule has 0 aliphatic rings. The number of benzene rings is 2. The summed E-state index contributed by atoms with van der Waals surface area (Å²) in [7, 11) is 3.16. The molecule has 0 bridgehead atoms. The van der Waals surface area contributed by atoms with Crippen LogP contribution in [-0.4, -0.2) is 37.5 Å². The van der Waals surface area contributed by atoms with Crippen LogP contribution in [0.25, 0.3) is 0 Å². The zero-order chi connectivity index (χ0) is 19.8. The first kappa shape index (κ1) is 20.2. The molecule has 0 spiro atoms. The van der Waals surface area contributed by atoms with E-state index >= 15 is 0 Å². The van der Waals surface area contributed by atoms with Crippen molar-refractivity contribution in [1.82, 2.24) is 10.2 Å². The van der Waals surface area contributed by atoms with Gasteiger partial charge in [-0.1, -0.05) is 30.3 Å². The van der Waals surface area contributed by atoms with Gasteiger partial charge in [0.2, 0.25) is 5.91 Å². The number of nitrogens with zero attached hydrogens (tertiary/aromatic N) is 1. The maximum absolute atomic E-state index is 12.4. The molecule has 144 valence electrons. The Hall–Kier alpha value is -3.16. The molecule has 3 amide bonds. The predicted molar refractivity (Wildman–Crippen MR) is 97.8 cm³/mol. The Balaban J connectivity index is 1.99. The van der Waals surface area contributed by atoms with Crippen LogP contribution in [0.15, 0.2) is 48.5 Å². The lowest BCUT2D eigenvalue weighted by molar-refractivity contribution is -0.119. The van der Waals surface area contributed by atoms with E-state index in [-0.39, 0.29) is 30.7 Å². The van der Waals surface area contributed by atoms with Crippen molar-refractivity contribution in [3.8, 4) is 5.75 Å². The first-order chi connectivity index (χ1) is 12.9. The third-order valence-corrected chi connectivity index (χ3v) is 3.80. The van der Waals surface area contributed by atoms with E-state index in [1.165, 1.54) is 17.0 Å². The molecule has 27 heavy (non-hydrogen) atoms. The third kappa shape index (κ3) is 6.25. The van der Waals surface area contributed by atoms with E-state index in [0.29, 0.717) is 11.3 Å². The van der Waals surface area contributed by atoms with E-state index in [1.807, 2.05) is 0 Å². The van der Waals surface area contributed by atoms with Crippen LogP contribution < -0.4 is 15.4 Å². The number of anilines is 1. The number of likely N-dealkylation sites (N-methyl/N-ethyl adjacent to an activating group) is 1. The fourth-order valence-electron chi connectivity index (χ4n) is 2.39. The van der Waals surface area contributed by atoms with Crippen molar-refractivity contribution in [2.24, 2.45) is 0 Å². The Bertz CT molecular complexity index is 782. The van der Waals surface area contributed by atoms with Crippen LogP contribution in [0.1, 0.15) is 11.1 Å². The minimum Gasteiger partial charge on any atom is -0.435 e. The lowest BCUT2D eigenvalue weighted by atomic mass is 10.1. The van der Waals surface area contributed by atoms with E-state index in [0.717, 1.165) is 5.56 Å². The largest absolute Gasteiger partial charge is 0.435 e. The minimum atomic E-state index is -2.88. The second-order valence-electron chi connectivity index (χ2n) is 5.82. The van der Waals surface area contributed by atoms with E-state index in [1.54, 1.807) is 50.5 Å². The van der Waals surface area contributed by atoms with Crippen molar-refractivity contribution in [2.75, 3.05) is 19.4 Å². The highest BCUT2D eigenvalue weighted by Crippen LogP contribution is 2.18. The maximum Gasteiger partial charge on any atom is 0.387 e. The van der Waals surface area contributed by atoms with E-state index < -0.39 is 6.61 Å². The van der Waals surface area contributed by atoms with Crippen molar-refractivity contribution >= 4 is 17.6 Å². The lowest BCUT2D eigenvalue weighted by Gasteiger charge is -2.19. The van der Waals surface area contributed by atoms with Crippen molar-refractivity contribution in [1.29, 1.82) is 0 Å². The van der Waals surface area contributed by atoms with Crippen molar-refractivity contribution < 1.29 is 23.1 Å². The summed E-state index contributed by atoms with van der Waals surface area (Å²) < 4.78 is 28.6. The molecule has 0 saturated carbocycles. The van der Waals surface area contributed by atoms with Gasteiger partial charge in [0.15, 0.2) is 0 Å². The first-order valence-electron chi connectivity index (χ1n) is 8.23. The molecule has 0 heterocycles. The Morgan fingerprint density at radius 3 is 2.41 bits per heavy atom. The number of carbonyl (C=O) groups is 2. The maximum atomic E-state index is 12.4. The molecule has 0 saturated heterocycles. The number of nitrogens with one attached hydrogen (secondary N) is 2. The molecule has 2 aromatic rings. The normalized spacial score (nSPS) is 10.4. The van der Waals surface area contributed by atoms with Gasteiger partial charge in [0.1, 0.15) is 5.75 Å². The second kappa shape index (κ2) is 9.51. The summed E-state index contributed by atoms with van der Waals surface area (Å²) in [6.07, 6.45) is 0.155. The number of urea groups is 1. The van der Waals surface area contributed by atoms with Crippen molar-refractivity contribution in [3.05, 3.63) is 59.7 Å². The van der Waals surface area contributed by atoms with Crippen LogP contribution in [0.2, 0.25) is 0 Å². The topological polar surface area (TPSA) is 70.7 Å². The highest BCUT2D eigenvalue weighted by atomic mass is 19.3. The molecule has 0 aliphatic carbocycles. The summed E-state index contributed by atoms with van der Waals surface area (Å²) in [5.74, 6) is -0.0971. The zero-order valence-corrected chi connectivity index (χ0v) is 15.0. The van der Waals surface area contributed by atoms with Crippen LogP contribution in [0.5, 0.6) is 5.75 Å². The summed E-state index contributed by atoms with van der Waals surface area (Å²) in [5, 5.41) is 5.33. The Morgan fingerprint density at radius 1 is 1.11 bits per heavy atom. The quantitative estimate of drug-likeness (QED) is 0.778. The van der Waals surface area contributed by atoms with Gasteiger partial charge in [-0.25, -0.2) is 4.79 Å². The molecule has 8 heteroatoms. The zero-order valence-electron chi connectivity index (χ0n) is 15.0. The van der Waals surface area contributed by atoms with Crippen LogP contribution in [0.4, 0.5) is 19.3 Å². The van der Waals surface area contributed by atoms with Gasteiger partial charge in [0.25, 0.3) is 0 Å². The highest BCUT2D eigenvalue weighted by molar-refractivity contribution is 5.91. The summed E-state index contributed by atoms with van der Waals surface area (Å²) in [6.45, 7) is -2.60. The number of alkyl halides is 2. The SMILES string of the molecule is CNC(=O)Cc1ccccc1NC(=O)N(C)Cc1ccc(OC(F)F)cc1. The molecule has 2 aromatic carbocycles.